The summed E-state index contributed by atoms with van der Waals surface area (Å²) in [6.07, 6.45) is 0. The van der Waals surface area contributed by atoms with E-state index in [1.165, 1.54) is 0 Å². The normalized spacial score (nSPS) is 24.4. The van der Waals surface area contributed by atoms with E-state index in [0.29, 0.717) is 11.6 Å². The average molecular weight is 333 g/mol. The van der Waals surface area contributed by atoms with Crippen molar-refractivity contribution in [2.24, 2.45) is 11.8 Å². The zero-order valence-electron chi connectivity index (χ0n) is 10.1. The number of carboxylic acid groups (broad SMARTS) is 1. The molecule has 0 amide bonds. The smallest absolute Gasteiger partial charge is 0.308 e. The van der Waals surface area contributed by atoms with Gasteiger partial charge < -0.3 is 5.11 Å². The maximum absolute atomic E-state index is 11.1. The molecular weight excluding hydrogens is 318 g/mol. The molecule has 98 valence electrons. The average Bonchev–Trinajstić information content (AvgIpc) is 2.65. The first-order valence-electron chi connectivity index (χ1n) is 5.86. The monoisotopic (exact) mass is 331 g/mol. The van der Waals surface area contributed by atoms with Gasteiger partial charge in [0.25, 0.3) is 0 Å². The highest BCUT2D eigenvalue weighted by Gasteiger charge is 2.34. The highest BCUT2D eigenvalue weighted by atomic mass is 79.9. The Hall–Kier alpha value is -0.580. The summed E-state index contributed by atoms with van der Waals surface area (Å²) in [5.74, 6) is -0.765. The SMILES string of the molecule is C[C@@H]1CN(Cc2cc(Cl)ccc2Br)C[C@H]1C(=O)O. The molecule has 0 aliphatic carbocycles. The molecule has 1 aliphatic heterocycles. The Kier molecular flexibility index (Phi) is 4.30. The molecule has 1 fully saturated rings. The van der Waals surface area contributed by atoms with Gasteiger partial charge in [-0.05, 0) is 29.7 Å². The molecule has 2 atom stereocenters. The fourth-order valence-corrected chi connectivity index (χ4v) is 2.99. The van der Waals surface area contributed by atoms with Crippen molar-refractivity contribution in [3.05, 3.63) is 33.3 Å². The van der Waals surface area contributed by atoms with Crippen LogP contribution in [0.3, 0.4) is 0 Å². The summed E-state index contributed by atoms with van der Waals surface area (Å²) in [6, 6.07) is 5.68. The van der Waals surface area contributed by atoms with Crippen LogP contribution in [0.1, 0.15) is 12.5 Å². The molecule has 18 heavy (non-hydrogen) atoms. The van der Waals surface area contributed by atoms with Crippen LogP contribution in [0.25, 0.3) is 0 Å². The molecule has 0 aromatic heterocycles. The van der Waals surface area contributed by atoms with Crippen molar-refractivity contribution in [2.75, 3.05) is 13.1 Å². The molecule has 5 heteroatoms. The van der Waals surface area contributed by atoms with Crippen LogP contribution in [0.5, 0.6) is 0 Å². The molecule has 1 N–H and O–H groups in total. The maximum Gasteiger partial charge on any atom is 0.308 e. The van der Waals surface area contributed by atoms with Crippen LogP contribution in [-0.4, -0.2) is 29.1 Å². The van der Waals surface area contributed by atoms with E-state index in [0.717, 1.165) is 23.1 Å². The highest BCUT2D eigenvalue weighted by molar-refractivity contribution is 9.10. The van der Waals surface area contributed by atoms with E-state index in [2.05, 4.69) is 20.8 Å². The van der Waals surface area contributed by atoms with Crippen LogP contribution in [0.15, 0.2) is 22.7 Å². The lowest BCUT2D eigenvalue weighted by molar-refractivity contribution is -0.142. The second-order valence-corrected chi connectivity index (χ2v) is 6.14. The molecule has 0 radical (unpaired) electrons. The molecule has 1 aromatic rings. The maximum atomic E-state index is 11.1. The number of carboxylic acids is 1. The Balaban J connectivity index is 2.07. The standard InChI is InChI=1S/C13H15BrClNO2/c1-8-5-16(7-11(8)13(17)18)6-9-4-10(15)2-3-12(9)14/h2-4,8,11H,5-7H2,1H3,(H,17,18)/t8-,11-/m1/s1. The van der Waals surface area contributed by atoms with Gasteiger partial charge in [-0.25, -0.2) is 0 Å². The molecule has 1 heterocycles. The van der Waals surface area contributed by atoms with E-state index in [1.54, 1.807) is 0 Å². The van der Waals surface area contributed by atoms with Gasteiger partial charge in [-0.15, -0.1) is 0 Å². The summed E-state index contributed by atoms with van der Waals surface area (Å²) in [5, 5.41) is 9.81. The minimum atomic E-state index is -0.699. The fourth-order valence-electron chi connectivity index (χ4n) is 2.42. The molecular formula is C13H15BrClNO2. The molecule has 0 spiro atoms. The third-order valence-electron chi connectivity index (χ3n) is 3.41. The first-order valence-corrected chi connectivity index (χ1v) is 7.03. The molecule has 1 aliphatic rings. The lowest BCUT2D eigenvalue weighted by atomic mass is 9.99. The second kappa shape index (κ2) is 5.59. The van der Waals surface area contributed by atoms with E-state index < -0.39 is 5.97 Å². The van der Waals surface area contributed by atoms with Crippen molar-refractivity contribution in [3.63, 3.8) is 0 Å². The topological polar surface area (TPSA) is 40.5 Å². The van der Waals surface area contributed by atoms with Gasteiger partial charge in [-0.2, -0.15) is 0 Å². The van der Waals surface area contributed by atoms with Crippen molar-refractivity contribution in [2.45, 2.75) is 13.5 Å². The van der Waals surface area contributed by atoms with Gasteiger partial charge in [-0.1, -0.05) is 34.5 Å². The van der Waals surface area contributed by atoms with Crippen LogP contribution >= 0.6 is 27.5 Å². The van der Waals surface area contributed by atoms with E-state index in [1.807, 2.05) is 25.1 Å². The Morgan fingerprint density at radius 2 is 2.28 bits per heavy atom. The van der Waals surface area contributed by atoms with Crippen LogP contribution in [0.2, 0.25) is 5.02 Å². The molecule has 1 aromatic carbocycles. The number of carbonyl (C=O) groups is 1. The van der Waals surface area contributed by atoms with Crippen molar-refractivity contribution in [1.82, 2.24) is 4.90 Å². The predicted octanol–water partition coefficient (Wildman–Crippen LogP) is 3.26. The van der Waals surface area contributed by atoms with Gasteiger partial charge >= 0.3 is 5.97 Å². The minimum Gasteiger partial charge on any atom is -0.481 e. The van der Waals surface area contributed by atoms with Gasteiger partial charge in [0.1, 0.15) is 0 Å². The van der Waals surface area contributed by atoms with Gasteiger partial charge in [0.2, 0.25) is 0 Å². The summed E-state index contributed by atoms with van der Waals surface area (Å²) < 4.78 is 1.01. The van der Waals surface area contributed by atoms with Crippen molar-refractivity contribution in [3.8, 4) is 0 Å². The van der Waals surface area contributed by atoms with Gasteiger partial charge in [0.15, 0.2) is 0 Å². The molecule has 1 saturated heterocycles. The number of benzene rings is 1. The fraction of sp³-hybridized carbons (Fsp3) is 0.462. The third kappa shape index (κ3) is 3.05. The largest absolute Gasteiger partial charge is 0.481 e. The van der Waals surface area contributed by atoms with Crippen LogP contribution < -0.4 is 0 Å². The van der Waals surface area contributed by atoms with Crippen LogP contribution in [0, 0.1) is 11.8 Å². The zero-order valence-corrected chi connectivity index (χ0v) is 12.4. The molecule has 0 bridgehead atoms. The van der Waals surface area contributed by atoms with E-state index >= 15 is 0 Å². The van der Waals surface area contributed by atoms with E-state index in [4.69, 9.17) is 16.7 Å². The number of hydrogen-bond acceptors (Lipinski definition) is 2. The number of nitrogens with zero attached hydrogens (tertiary/aromatic N) is 1. The number of likely N-dealkylation sites (tertiary alicyclic amines) is 1. The van der Waals surface area contributed by atoms with Gasteiger partial charge in [-0.3, -0.25) is 9.69 Å². The predicted molar refractivity (Wildman–Crippen MR) is 74.7 cm³/mol. The number of hydrogen-bond donors (Lipinski definition) is 1. The lowest BCUT2D eigenvalue weighted by Crippen LogP contribution is -2.23. The van der Waals surface area contributed by atoms with Crippen LogP contribution in [-0.2, 0) is 11.3 Å². The third-order valence-corrected chi connectivity index (χ3v) is 4.42. The highest BCUT2D eigenvalue weighted by Crippen LogP contribution is 2.28. The first-order chi connectivity index (χ1) is 8.47. The zero-order chi connectivity index (χ0) is 13.3. The minimum absolute atomic E-state index is 0.195. The summed E-state index contributed by atoms with van der Waals surface area (Å²) in [7, 11) is 0. The van der Waals surface area contributed by atoms with Crippen molar-refractivity contribution in [1.29, 1.82) is 0 Å². The van der Waals surface area contributed by atoms with E-state index in [-0.39, 0.29) is 11.8 Å². The molecule has 3 nitrogen and oxygen atoms in total. The Morgan fingerprint density at radius 3 is 2.89 bits per heavy atom. The van der Waals surface area contributed by atoms with Crippen LogP contribution in [0.4, 0.5) is 0 Å². The summed E-state index contributed by atoms with van der Waals surface area (Å²) in [6.45, 7) is 4.15. The Morgan fingerprint density at radius 1 is 1.56 bits per heavy atom. The molecule has 0 unspecified atom stereocenters. The summed E-state index contributed by atoms with van der Waals surface area (Å²) in [5.41, 5.74) is 1.10. The Labute approximate surface area is 120 Å². The first kappa shape index (κ1) is 13.8. The van der Waals surface area contributed by atoms with E-state index in [9.17, 15) is 4.79 Å². The second-order valence-electron chi connectivity index (χ2n) is 4.85. The van der Waals surface area contributed by atoms with Crippen molar-refractivity contribution < 1.29 is 9.90 Å². The lowest BCUT2D eigenvalue weighted by Gasteiger charge is -2.16. The summed E-state index contributed by atoms with van der Waals surface area (Å²) in [4.78, 5) is 13.2. The Bertz CT molecular complexity index is 466. The van der Waals surface area contributed by atoms with Crippen molar-refractivity contribution >= 4 is 33.5 Å². The molecule has 0 saturated carbocycles. The van der Waals surface area contributed by atoms with Gasteiger partial charge in [0.05, 0.1) is 5.92 Å². The summed E-state index contributed by atoms with van der Waals surface area (Å²) >= 11 is 9.47. The van der Waals surface area contributed by atoms with Gasteiger partial charge in [0, 0.05) is 29.1 Å². The number of rotatable bonds is 3. The quantitative estimate of drug-likeness (QED) is 0.923. The number of aliphatic carboxylic acids is 1. The number of halogens is 2. The molecule has 2 rings (SSSR count).